The Labute approximate surface area is 127 Å². The predicted molar refractivity (Wildman–Crippen MR) is 85.7 cm³/mol. The molecular weight excluding hydrogens is 264 g/mol. The minimum Gasteiger partial charge on any atom is -0.482 e. The van der Waals surface area contributed by atoms with E-state index in [9.17, 15) is 4.79 Å². The molecule has 0 radical (unpaired) electrons. The zero-order valence-electron chi connectivity index (χ0n) is 13.1. The van der Waals surface area contributed by atoms with Crippen molar-refractivity contribution in [1.82, 2.24) is 5.32 Å². The summed E-state index contributed by atoms with van der Waals surface area (Å²) >= 11 is 0. The molecule has 1 aromatic rings. The van der Waals surface area contributed by atoms with Gasteiger partial charge in [0.15, 0.2) is 6.61 Å². The number of rotatable bonds is 8. The number of fused-ring (bicyclic) bond motifs is 1. The number of carbonyl (C=O) groups excluding carboxylic acids is 1. The first kappa shape index (κ1) is 15.8. The second-order valence-corrected chi connectivity index (χ2v) is 5.59. The number of anilines is 1. The van der Waals surface area contributed by atoms with Gasteiger partial charge in [0.2, 0.25) is 0 Å². The van der Waals surface area contributed by atoms with Crippen LogP contribution in [0.4, 0.5) is 5.69 Å². The number of hydrogen-bond acceptors (Lipinski definition) is 3. The van der Waals surface area contributed by atoms with Crippen molar-refractivity contribution in [3.05, 3.63) is 23.8 Å². The molecule has 1 aromatic carbocycles. The van der Waals surface area contributed by atoms with Gasteiger partial charge in [0.1, 0.15) is 5.75 Å². The molecule has 0 fully saturated rings. The molecule has 0 spiro atoms. The van der Waals surface area contributed by atoms with E-state index in [0.29, 0.717) is 6.04 Å². The summed E-state index contributed by atoms with van der Waals surface area (Å²) in [6.45, 7) is 5.52. The highest BCUT2D eigenvalue weighted by Gasteiger charge is 2.18. The molecule has 1 atom stereocenters. The second kappa shape index (κ2) is 8.03. The maximum Gasteiger partial charge on any atom is 0.262 e. The molecule has 21 heavy (non-hydrogen) atoms. The smallest absolute Gasteiger partial charge is 0.262 e. The van der Waals surface area contributed by atoms with Gasteiger partial charge in [-0.3, -0.25) is 4.79 Å². The maximum absolute atomic E-state index is 11.4. The molecule has 1 amide bonds. The van der Waals surface area contributed by atoms with Gasteiger partial charge in [0, 0.05) is 6.04 Å². The van der Waals surface area contributed by atoms with Gasteiger partial charge in [-0.25, -0.2) is 0 Å². The average Bonchev–Trinajstić information content (AvgIpc) is 2.50. The summed E-state index contributed by atoms with van der Waals surface area (Å²) in [7, 11) is 0. The summed E-state index contributed by atoms with van der Waals surface area (Å²) in [5.74, 6) is 0.685. The van der Waals surface area contributed by atoms with Crippen molar-refractivity contribution in [2.45, 2.75) is 52.0 Å². The maximum atomic E-state index is 11.4. The van der Waals surface area contributed by atoms with Crippen LogP contribution in [0.5, 0.6) is 5.75 Å². The molecule has 2 rings (SSSR count). The first-order valence-corrected chi connectivity index (χ1v) is 8.04. The molecule has 1 aliphatic heterocycles. The van der Waals surface area contributed by atoms with Gasteiger partial charge in [-0.05, 0) is 37.1 Å². The van der Waals surface area contributed by atoms with E-state index in [1.165, 1.54) is 24.8 Å². The molecule has 0 saturated heterocycles. The molecule has 116 valence electrons. The van der Waals surface area contributed by atoms with Crippen LogP contribution in [0, 0.1) is 0 Å². The third-order valence-corrected chi connectivity index (χ3v) is 3.78. The minimum absolute atomic E-state index is 0.0799. The highest BCUT2D eigenvalue weighted by Crippen LogP contribution is 2.32. The Morgan fingerprint density at radius 2 is 2.14 bits per heavy atom. The normalized spacial score (nSPS) is 15.0. The van der Waals surface area contributed by atoms with Gasteiger partial charge < -0.3 is 15.4 Å². The number of unbranched alkanes of at least 4 members (excludes halogenated alkanes) is 2. The zero-order valence-corrected chi connectivity index (χ0v) is 13.1. The summed E-state index contributed by atoms with van der Waals surface area (Å²) in [5, 5.41) is 6.50. The molecule has 4 nitrogen and oxygen atoms in total. The largest absolute Gasteiger partial charge is 0.482 e. The summed E-state index contributed by atoms with van der Waals surface area (Å²) < 4.78 is 5.42. The monoisotopic (exact) mass is 290 g/mol. The first-order valence-electron chi connectivity index (χ1n) is 8.04. The van der Waals surface area contributed by atoms with Gasteiger partial charge in [0.25, 0.3) is 5.91 Å². The van der Waals surface area contributed by atoms with E-state index < -0.39 is 0 Å². The Morgan fingerprint density at radius 1 is 1.29 bits per heavy atom. The molecule has 1 aliphatic rings. The Morgan fingerprint density at radius 3 is 2.90 bits per heavy atom. The first-order chi connectivity index (χ1) is 10.2. The van der Waals surface area contributed by atoms with Gasteiger partial charge in [-0.2, -0.15) is 0 Å². The number of ether oxygens (including phenoxy) is 1. The third-order valence-electron chi connectivity index (χ3n) is 3.78. The number of amides is 1. The van der Waals surface area contributed by atoms with Crippen LogP contribution in [0.2, 0.25) is 0 Å². The van der Waals surface area contributed by atoms with Crippen molar-refractivity contribution in [2.24, 2.45) is 0 Å². The highest BCUT2D eigenvalue weighted by molar-refractivity contribution is 5.95. The number of nitrogens with one attached hydrogen (secondary N) is 2. The molecule has 1 heterocycles. The molecule has 4 heteroatoms. The van der Waals surface area contributed by atoms with E-state index in [-0.39, 0.29) is 12.5 Å². The molecule has 1 unspecified atom stereocenters. The topological polar surface area (TPSA) is 50.4 Å². The lowest BCUT2D eigenvalue weighted by Gasteiger charge is -2.23. The van der Waals surface area contributed by atoms with Crippen LogP contribution in [0.3, 0.4) is 0 Å². The number of carbonyl (C=O) groups is 1. The molecular formula is C17H26N2O2. The molecule has 2 N–H and O–H groups in total. The second-order valence-electron chi connectivity index (χ2n) is 5.59. The SMILES string of the molecule is CCCCCC(NCCC)c1ccc2c(c1)NC(=O)CO2. The lowest BCUT2D eigenvalue weighted by atomic mass is 9.99. The molecule has 0 bridgehead atoms. The Balaban J connectivity index is 2.10. The van der Waals surface area contributed by atoms with Crippen LogP contribution in [0.15, 0.2) is 18.2 Å². The lowest BCUT2D eigenvalue weighted by Crippen LogP contribution is -2.26. The average molecular weight is 290 g/mol. The van der Waals surface area contributed by atoms with E-state index in [2.05, 4.69) is 30.5 Å². The van der Waals surface area contributed by atoms with Gasteiger partial charge in [0.05, 0.1) is 5.69 Å². The lowest BCUT2D eigenvalue weighted by molar-refractivity contribution is -0.118. The van der Waals surface area contributed by atoms with E-state index in [0.717, 1.165) is 30.8 Å². The van der Waals surface area contributed by atoms with Gasteiger partial charge in [-0.15, -0.1) is 0 Å². The molecule has 0 aliphatic carbocycles. The molecule has 0 aromatic heterocycles. The van der Waals surface area contributed by atoms with Crippen LogP contribution in [0.1, 0.15) is 57.6 Å². The summed E-state index contributed by atoms with van der Waals surface area (Å²) in [6.07, 6.45) is 5.96. The van der Waals surface area contributed by atoms with Crippen LogP contribution >= 0.6 is 0 Å². The van der Waals surface area contributed by atoms with Crippen molar-refractivity contribution in [2.75, 3.05) is 18.5 Å². The van der Waals surface area contributed by atoms with E-state index >= 15 is 0 Å². The van der Waals surface area contributed by atoms with Crippen LogP contribution in [-0.4, -0.2) is 19.1 Å². The summed E-state index contributed by atoms with van der Waals surface area (Å²) in [5.41, 5.74) is 2.02. The predicted octanol–water partition coefficient (Wildman–Crippen LogP) is 3.64. The fraction of sp³-hybridized carbons (Fsp3) is 0.588. The number of hydrogen-bond donors (Lipinski definition) is 2. The molecule has 0 saturated carbocycles. The van der Waals surface area contributed by atoms with Crippen LogP contribution < -0.4 is 15.4 Å². The highest BCUT2D eigenvalue weighted by atomic mass is 16.5. The standard InChI is InChI=1S/C17H26N2O2/c1-3-5-6-7-14(18-10-4-2)13-8-9-16-15(11-13)19-17(20)12-21-16/h8-9,11,14,18H,3-7,10,12H2,1-2H3,(H,19,20). The van der Waals surface area contributed by atoms with Crippen molar-refractivity contribution in [3.8, 4) is 5.75 Å². The van der Waals surface area contributed by atoms with Crippen molar-refractivity contribution in [1.29, 1.82) is 0 Å². The quantitative estimate of drug-likeness (QED) is 0.719. The zero-order chi connectivity index (χ0) is 15.1. The van der Waals surface area contributed by atoms with E-state index in [1.807, 2.05) is 12.1 Å². The Hall–Kier alpha value is -1.55. The number of benzene rings is 1. The third kappa shape index (κ3) is 4.46. The van der Waals surface area contributed by atoms with Gasteiger partial charge >= 0.3 is 0 Å². The summed E-state index contributed by atoms with van der Waals surface area (Å²) in [6, 6.07) is 6.46. The Kier molecular flexibility index (Phi) is 6.05. The minimum atomic E-state index is -0.0799. The van der Waals surface area contributed by atoms with Crippen LogP contribution in [-0.2, 0) is 4.79 Å². The fourth-order valence-electron chi connectivity index (χ4n) is 2.62. The van der Waals surface area contributed by atoms with Crippen molar-refractivity contribution < 1.29 is 9.53 Å². The van der Waals surface area contributed by atoms with Crippen LogP contribution in [0.25, 0.3) is 0 Å². The fourth-order valence-corrected chi connectivity index (χ4v) is 2.62. The van der Waals surface area contributed by atoms with Crippen molar-refractivity contribution in [3.63, 3.8) is 0 Å². The Bertz CT molecular complexity index is 474. The van der Waals surface area contributed by atoms with Crippen molar-refractivity contribution >= 4 is 11.6 Å². The summed E-state index contributed by atoms with van der Waals surface area (Å²) in [4.78, 5) is 11.4. The van der Waals surface area contributed by atoms with Gasteiger partial charge in [-0.1, -0.05) is 39.2 Å². The van der Waals surface area contributed by atoms with E-state index in [4.69, 9.17) is 4.74 Å². The van der Waals surface area contributed by atoms with E-state index in [1.54, 1.807) is 0 Å².